The lowest BCUT2D eigenvalue weighted by Gasteiger charge is -2.20. The first-order valence-electron chi connectivity index (χ1n) is 11.4. The molecule has 1 N–H and O–H groups in total. The zero-order valence-electron chi connectivity index (χ0n) is 17.5. The Morgan fingerprint density at radius 3 is 2.33 bits per heavy atom. The van der Waals surface area contributed by atoms with E-state index in [4.69, 9.17) is 0 Å². The number of aromatic nitrogens is 2. The van der Waals surface area contributed by atoms with Gasteiger partial charge < -0.3 is 14.8 Å². The molecule has 2 aliphatic rings. The Labute approximate surface area is 177 Å². The summed E-state index contributed by atoms with van der Waals surface area (Å²) in [5, 5.41) is 4.45. The van der Waals surface area contributed by atoms with Crippen molar-refractivity contribution >= 4 is 28.1 Å². The Morgan fingerprint density at radius 2 is 1.60 bits per heavy atom. The van der Waals surface area contributed by atoms with Gasteiger partial charge in [0.2, 0.25) is 0 Å². The molecule has 1 aliphatic carbocycles. The number of rotatable bonds is 4. The van der Waals surface area contributed by atoms with Crippen LogP contribution in [-0.4, -0.2) is 22.6 Å². The molecule has 0 radical (unpaired) electrons. The molecule has 2 aromatic heterocycles. The molecule has 5 rings (SSSR count). The summed E-state index contributed by atoms with van der Waals surface area (Å²) in [7, 11) is 0. The van der Waals surface area contributed by atoms with Gasteiger partial charge in [-0.25, -0.2) is 4.98 Å². The van der Waals surface area contributed by atoms with Gasteiger partial charge in [0.1, 0.15) is 5.82 Å². The third-order valence-corrected chi connectivity index (χ3v) is 6.62. The van der Waals surface area contributed by atoms with Crippen molar-refractivity contribution in [3.05, 3.63) is 59.0 Å². The van der Waals surface area contributed by atoms with E-state index in [9.17, 15) is 4.79 Å². The highest BCUT2D eigenvalue weighted by Crippen LogP contribution is 2.30. The largest absolute Gasteiger partial charge is 0.372 e. The van der Waals surface area contributed by atoms with Crippen LogP contribution in [0.3, 0.4) is 0 Å². The van der Waals surface area contributed by atoms with Crippen LogP contribution in [0.5, 0.6) is 0 Å². The maximum Gasteiger partial charge on any atom is 0.251 e. The lowest BCUT2D eigenvalue weighted by atomic mass is 10.1. The molecule has 0 spiro atoms. The van der Waals surface area contributed by atoms with E-state index in [1.54, 1.807) is 6.07 Å². The van der Waals surface area contributed by atoms with E-state index >= 15 is 0 Å². The van der Waals surface area contributed by atoms with Gasteiger partial charge >= 0.3 is 0 Å². The molecule has 3 heterocycles. The minimum Gasteiger partial charge on any atom is -0.372 e. The van der Waals surface area contributed by atoms with Crippen LogP contribution in [0.25, 0.3) is 10.9 Å². The minimum atomic E-state index is 0.0986. The Kier molecular flexibility index (Phi) is 5.43. The highest BCUT2D eigenvalue weighted by Gasteiger charge is 2.18. The van der Waals surface area contributed by atoms with E-state index in [0.29, 0.717) is 6.04 Å². The molecule has 1 aliphatic heterocycles. The Hall–Kier alpha value is -2.82. The summed E-state index contributed by atoms with van der Waals surface area (Å²) in [6.45, 7) is 2.30. The van der Waals surface area contributed by atoms with Crippen LogP contribution in [0.1, 0.15) is 57.4 Å². The van der Waals surface area contributed by atoms with Crippen LogP contribution < -0.4 is 15.8 Å². The fraction of sp³-hybridized carbons (Fsp3) is 0.440. The number of hydrogen-bond donors (Lipinski definition) is 1. The molecule has 5 nitrogen and oxygen atoms in total. The molecule has 0 amide bonds. The predicted octanol–water partition coefficient (Wildman–Crippen LogP) is 5.64. The van der Waals surface area contributed by atoms with Crippen LogP contribution in [0, 0.1) is 0 Å². The van der Waals surface area contributed by atoms with Crippen molar-refractivity contribution in [3.8, 4) is 0 Å². The van der Waals surface area contributed by atoms with Gasteiger partial charge in [0, 0.05) is 54.2 Å². The minimum absolute atomic E-state index is 0.0986. The van der Waals surface area contributed by atoms with Crippen LogP contribution in [-0.2, 0) is 0 Å². The summed E-state index contributed by atoms with van der Waals surface area (Å²) in [6.07, 6.45) is 11.6. The van der Waals surface area contributed by atoms with Gasteiger partial charge in [0.25, 0.3) is 5.56 Å². The Bertz CT molecular complexity index is 1060. The first-order valence-corrected chi connectivity index (χ1v) is 11.4. The molecule has 156 valence electrons. The van der Waals surface area contributed by atoms with Gasteiger partial charge in [-0.15, -0.1) is 0 Å². The monoisotopic (exact) mass is 402 g/mol. The standard InChI is InChI=1S/C25H30N4O/c30-25-14-9-19-18-26-24(17-23(19)29(25)22-7-3-1-2-4-8-22)27-20-10-12-21(13-11-20)28-15-5-6-16-28/h9-14,17-18,22H,1-8,15-16H2,(H,26,27). The normalized spacial score (nSPS) is 17.9. The molecule has 5 heteroatoms. The van der Waals surface area contributed by atoms with Crippen LogP contribution in [0.15, 0.2) is 53.5 Å². The smallest absolute Gasteiger partial charge is 0.251 e. The molecule has 1 saturated carbocycles. The quantitative estimate of drug-likeness (QED) is 0.574. The van der Waals surface area contributed by atoms with Gasteiger partial charge in [0.05, 0.1) is 5.52 Å². The number of nitrogens with one attached hydrogen (secondary N) is 1. The number of nitrogens with zero attached hydrogens (tertiary/aromatic N) is 3. The second-order valence-electron chi connectivity index (χ2n) is 8.68. The summed E-state index contributed by atoms with van der Waals surface area (Å²) in [5.41, 5.74) is 3.39. The van der Waals surface area contributed by atoms with Gasteiger partial charge in [0.15, 0.2) is 0 Å². The lowest BCUT2D eigenvalue weighted by Crippen LogP contribution is -2.24. The third kappa shape index (κ3) is 3.93. The van der Waals surface area contributed by atoms with E-state index in [2.05, 4.69) is 39.5 Å². The average Bonchev–Trinajstić information content (AvgIpc) is 3.18. The molecule has 1 saturated heterocycles. The van der Waals surface area contributed by atoms with Crippen LogP contribution in [0.2, 0.25) is 0 Å². The summed E-state index contributed by atoms with van der Waals surface area (Å²) >= 11 is 0. The fourth-order valence-corrected chi connectivity index (χ4v) is 4.99. The predicted molar refractivity (Wildman–Crippen MR) is 124 cm³/mol. The fourth-order valence-electron chi connectivity index (χ4n) is 4.99. The summed E-state index contributed by atoms with van der Waals surface area (Å²) < 4.78 is 2.02. The first-order chi connectivity index (χ1) is 14.8. The maximum atomic E-state index is 12.8. The maximum absolute atomic E-state index is 12.8. The van der Waals surface area contributed by atoms with E-state index in [-0.39, 0.29) is 5.56 Å². The SMILES string of the molecule is O=c1ccc2cnc(Nc3ccc(N4CCCC4)cc3)cc2n1C1CCCCCC1. The molecule has 3 aromatic rings. The van der Waals surface area contributed by atoms with Gasteiger partial charge in [-0.3, -0.25) is 4.79 Å². The Morgan fingerprint density at radius 1 is 0.867 bits per heavy atom. The van der Waals surface area contributed by atoms with Gasteiger partial charge in [-0.2, -0.15) is 0 Å². The molecular formula is C25H30N4O. The topological polar surface area (TPSA) is 50.2 Å². The van der Waals surface area contributed by atoms with E-state index in [1.165, 1.54) is 44.2 Å². The van der Waals surface area contributed by atoms with Crippen LogP contribution in [0.4, 0.5) is 17.2 Å². The second kappa shape index (κ2) is 8.50. The van der Waals surface area contributed by atoms with Crippen molar-refractivity contribution in [3.63, 3.8) is 0 Å². The number of benzene rings is 1. The molecule has 0 atom stereocenters. The van der Waals surface area contributed by atoms with E-state index < -0.39 is 0 Å². The number of anilines is 3. The van der Waals surface area contributed by atoms with E-state index in [1.807, 2.05) is 22.9 Å². The average molecular weight is 403 g/mol. The van der Waals surface area contributed by atoms with Crippen molar-refractivity contribution in [2.75, 3.05) is 23.3 Å². The number of fused-ring (bicyclic) bond motifs is 1. The molecular weight excluding hydrogens is 372 g/mol. The molecule has 0 unspecified atom stereocenters. The molecule has 0 bridgehead atoms. The summed E-state index contributed by atoms with van der Waals surface area (Å²) in [5.74, 6) is 0.782. The van der Waals surface area contributed by atoms with Crippen molar-refractivity contribution in [1.82, 2.24) is 9.55 Å². The van der Waals surface area contributed by atoms with Crippen molar-refractivity contribution in [2.24, 2.45) is 0 Å². The summed E-state index contributed by atoms with van der Waals surface area (Å²) in [6, 6.07) is 14.5. The number of pyridine rings is 2. The zero-order chi connectivity index (χ0) is 20.3. The highest BCUT2D eigenvalue weighted by molar-refractivity contribution is 5.81. The second-order valence-corrected chi connectivity index (χ2v) is 8.68. The first kappa shape index (κ1) is 19.2. The van der Waals surface area contributed by atoms with Gasteiger partial charge in [-0.05, 0) is 56.0 Å². The molecule has 1 aromatic carbocycles. The van der Waals surface area contributed by atoms with Crippen molar-refractivity contribution in [1.29, 1.82) is 0 Å². The Balaban J connectivity index is 1.43. The van der Waals surface area contributed by atoms with Crippen LogP contribution >= 0.6 is 0 Å². The van der Waals surface area contributed by atoms with E-state index in [0.717, 1.165) is 48.3 Å². The zero-order valence-corrected chi connectivity index (χ0v) is 17.5. The van der Waals surface area contributed by atoms with Crippen molar-refractivity contribution in [2.45, 2.75) is 57.4 Å². The van der Waals surface area contributed by atoms with Gasteiger partial charge in [-0.1, -0.05) is 25.7 Å². The molecule has 30 heavy (non-hydrogen) atoms. The number of hydrogen-bond acceptors (Lipinski definition) is 4. The lowest BCUT2D eigenvalue weighted by molar-refractivity contribution is 0.445. The molecule has 2 fully saturated rings. The highest BCUT2D eigenvalue weighted by atomic mass is 16.1. The summed E-state index contributed by atoms with van der Waals surface area (Å²) in [4.78, 5) is 19.8. The third-order valence-electron chi connectivity index (χ3n) is 6.62. The van der Waals surface area contributed by atoms with Crippen molar-refractivity contribution < 1.29 is 0 Å².